The van der Waals surface area contributed by atoms with Gasteiger partial charge in [0.1, 0.15) is 0 Å². The number of nitrogens with one attached hydrogen (secondary N) is 2. The lowest BCUT2D eigenvalue weighted by Gasteiger charge is -2.18. The third-order valence-corrected chi connectivity index (χ3v) is 6.43. The van der Waals surface area contributed by atoms with Gasteiger partial charge in [0.25, 0.3) is 0 Å². The molecule has 0 aromatic heterocycles. The Labute approximate surface area is 145 Å². The summed E-state index contributed by atoms with van der Waals surface area (Å²) in [7, 11) is 3.57. The SMILES string of the molecule is CC1CCNCC(=O)N[C@@H](CC(=O)O)C(=O)CC(C)CSSC1. The van der Waals surface area contributed by atoms with Crippen LogP contribution in [0.2, 0.25) is 0 Å². The van der Waals surface area contributed by atoms with Gasteiger partial charge in [-0.1, -0.05) is 35.4 Å². The summed E-state index contributed by atoms with van der Waals surface area (Å²) < 4.78 is 0. The molecule has 1 saturated heterocycles. The van der Waals surface area contributed by atoms with E-state index in [2.05, 4.69) is 17.6 Å². The third kappa shape index (κ3) is 9.22. The minimum Gasteiger partial charge on any atom is -0.481 e. The molecule has 0 saturated carbocycles. The average Bonchev–Trinajstić information content (AvgIpc) is 2.46. The molecule has 0 aromatic rings. The summed E-state index contributed by atoms with van der Waals surface area (Å²) in [6.45, 7) is 5.00. The minimum atomic E-state index is -1.08. The number of amides is 1. The van der Waals surface area contributed by atoms with Crippen LogP contribution in [0.5, 0.6) is 0 Å². The summed E-state index contributed by atoms with van der Waals surface area (Å²) in [5.41, 5.74) is 0. The Morgan fingerprint density at radius 3 is 2.52 bits per heavy atom. The van der Waals surface area contributed by atoms with Crippen LogP contribution in [0.25, 0.3) is 0 Å². The molecule has 3 atom stereocenters. The van der Waals surface area contributed by atoms with E-state index in [1.807, 2.05) is 17.7 Å². The fourth-order valence-corrected chi connectivity index (χ4v) is 5.08. The normalized spacial score (nSPS) is 29.2. The van der Waals surface area contributed by atoms with Crippen molar-refractivity contribution < 1.29 is 19.5 Å². The predicted octanol–water partition coefficient (Wildman–Crippen LogP) is 1.55. The molecule has 0 bridgehead atoms. The molecule has 1 aliphatic rings. The molecule has 0 aromatic carbocycles. The molecule has 23 heavy (non-hydrogen) atoms. The van der Waals surface area contributed by atoms with Crippen molar-refractivity contribution in [1.82, 2.24) is 10.6 Å². The first-order valence-electron chi connectivity index (χ1n) is 7.87. The van der Waals surface area contributed by atoms with E-state index in [0.717, 1.165) is 24.5 Å². The summed E-state index contributed by atoms with van der Waals surface area (Å²) in [5.74, 6) is 0.985. The van der Waals surface area contributed by atoms with Crippen LogP contribution in [-0.2, 0) is 14.4 Å². The Morgan fingerprint density at radius 2 is 1.87 bits per heavy atom. The van der Waals surface area contributed by atoms with Crippen molar-refractivity contribution in [2.45, 2.75) is 39.2 Å². The number of hydrogen-bond acceptors (Lipinski definition) is 6. The van der Waals surface area contributed by atoms with Crippen molar-refractivity contribution in [3.8, 4) is 0 Å². The molecule has 8 heteroatoms. The Balaban J connectivity index is 2.69. The highest BCUT2D eigenvalue weighted by atomic mass is 33.1. The molecular formula is C15H26N2O4S2. The van der Waals surface area contributed by atoms with Gasteiger partial charge in [-0.3, -0.25) is 14.4 Å². The summed E-state index contributed by atoms with van der Waals surface area (Å²) in [6, 6.07) is -0.939. The molecule has 0 aliphatic carbocycles. The summed E-state index contributed by atoms with van der Waals surface area (Å²) in [5, 5.41) is 14.5. The van der Waals surface area contributed by atoms with Gasteiger partial charge >= 0.3 is 5.97 Å². The van der Waals surface area contributed by atoms with Gasteiger partial charge in [0, 0.05) is 17.9 Å². The third-order valence-electron chi connectivity index (χ3n) is 3.54. The van der Waals surface area contributed by atoms with Crippen LogP contribution in [0, 0.1) is 11.8 Å². The lowest BCUT2D eigenvalue weighted by molar-refractivity contribution is -0.140. The zero-order valence-electron chi connectivity index (χ0n) is 13.7. The maximum Gasteiger partial charge on any atom is 0.305 e. The Hall–Kier alpha value is -0.730. The largest absolute Gasteiger partial charge is 0.481 e. The maximum atomic E-state index is 12.3. The van der Waals surface area contributed by atoms with Gasteiger partial charge in [0.05, 0.1) is 19.0 Å². The molecule has 1 aliphatic heterocycles. The molecule has 1 fully saturated rings. The summed E-state index contributed by atoms with van der Waals surface area (Å²) >= 11 is 0. The van der Waals surface area contributed by atoms with Crippen molar-refractivity contribution in [2.24, 2.45) is 11.8 Å². The van der Waals surface area contributed by atoms with E-state index in [4.69, 9.17) is 5.11 Å². The number of rotatable bonds is 2. The Kier molecular flexibility index (Phi) is 9.66. The molecule has 2 unspecified atom stereocenters. The van der Waals surface area contributed by atoms with Crippen LogP contribution in [0.15, 0.2) is 0 Å². The molecule has 1 heterocycles. The fourth-order valence-electron chi connectivity index (χ4n) is 2.17. The topological polar surface area (TPSA) is 95.5 Å². The molecule has 1 rings (SSSR count). The first kappa shape index (κ1) is 20.3. The number of Topliss-reactive ketones (excluding diaryl/α,β-unsaturated/α-hetero) is 1. The number of carboxylic acid groups (broad SMARTS) is 1. The molecule has 3 N–H and O–H groups in total. The van der Waals surface area contributed by atoms with Crippen molar-refractivity contribution >= 4 is 39.2 Å². The standard InChI is InChI=1S/C15H26N2O4S2/c1-10-3-4-16-7-14(19)17-12(6-15(20)21)13(18)5-11(2)9-23-22-8-10/h10-12,16H,3-9H2,1-2H3,(H,17,19)(H,20,21)/t10?,11?,12-/m0/s1. The number of hydrogen-bond donors (Lipinski definition) is 3. The Bertz CT molecular complexity index is 420. The smallest absolute Gasteiger partial charge is 0.305 e. The van der Waals surface area contributed by atoms with Gasteiger partial charge in [-0.05, 0) is 24.8 Å². The van der Waals surface area contributed by atoms with Crippen molar-refractivity contribution in [2.75, 3.05) is 24.6 Å². The first-order chi connectivity index (χ1) is 10.9. The van der Waals surface area contributed by atoms with E-state index in [1.54, 1.807) is 10.8 Å². The van der Waals surface area contributed by atoms with Crippen LogP contribution in [0.4, 0.5) is 0 Å². The highest BCUT2D eigenvalue weighted by Crippen LogP contribution is 2.28. The van der Waals surface area contributed by atoms with Crippen molar-refractivity contribution in [1.29, 1.82) is 0 Å². The molecule has 132 valence electrons. The molecular weight excluding hydrogens is 336 g/mol. The second-order valence-electron chi connectivity index (χ2n) is 6.13. The van der Waals surface area contributed by atoms with Crippen molar-refractivity contribution in [3.05, 3.63) is 0 Å². The highest BCUT2D eigenvalue weighted by Gasteiger charge is 2.25. The summed E-state index contributed by atoms with van der Waals surface area (Å²) in [6.07, 6.45) is 0.902. The number of aliphatic carboxylic acids is 1. The average molecular weight is 363 g/mol. The van der Waals surface area contributed by atoms with E-state index < -0.39 is 12.0 Å². The van der Waals surface area contributed by atoms with Gasteiger partial charge in [-0.2, -0.15) is 0 Å². The second-order valence-corrected chi connectivity index (χ2v) is 8.69. The number of carbonyl (C=O) groups excluding carboxylic acids is 2. The van der Waals surface area contributed by atoms with Crippen LogP contribution in [0.3, 0.4) is 0 Å². The summed E-state index contributed by atoms with van der Waals surface area (Å²) in [4.78, 5) is 35.1. The van der Waals surface area contributed by atoms with E-state index in [9.17, 15) is 14.4 Å². The van der Waals surface area contributed by atoms with E-state index in [-0.39, 0.29) is 37.0 Å². The quantitative estimate of drug-likeness (QED) is 0.642. The number of carboxylic acids is 1. The maximum absolute atomic E-state index is 12.3. The molecule has 6 nitrogen and oxygen atoms in total. The van der Waals surface area contributed by atoms with Gasteiger partial charge in [0.15, 0.2) is 5.78 Å². The number of carbonyl (C=O) groups is 3. The highest BCUT2D eigenvalue weighted by molar-refractivity contribution is 8.76. The van der Waals surface area contributed by atoms with Crippen LogP contribution in [-0.4, -0.2) is 53.4 Å². The van der Waals surface area contributed by atoms with Crippen LogP contribution in [0.1, 0.15) is 33.1 Å². The Morgan fingerprint density at radius 1 is 1.22 bits per heavy atom. The number of ketones is 1. The molecule has 1 amide bonds. The van der Waals surface area contributed by atoms with Gasteiger partial charge in [0.2, 0.25) is 5.91 Å². The zero-order valence-corrected chi connectivity index (χ0v) is 15.3. The van der Waals surface area contributed by atoms with Gasteiger partial charge < -0.3 is 15.7 Å². The first-order valence-corrected chi connectivity index (χ1v) is 10.4. The van der Waals surface area contributed by atoms with Gasteiger partial charge in [-0.25, -0.2) is 0 Å². The zero-order chi connectivity index (χ0) is 17.2. The van der Waals surface area contributed by atoms with E-state index >= 15 is 0 Å². The van der Waals surface area contributed by atoms with E-state index in [1.165, 1.54) is 0 Å². The van der Waals surface area contributed by atoms with Crippen LogP contribution < -0.4 is 10.6 Å². The predicted molar refractivity (Wildman–Crippen MR) is 94.5 cm³/mol. The second kappa shape index (κ2) is 10.9. The lowest BCUT2D eigenvalue weighted by atomic mass is 9.99. The van der Waals surface area contributed by atoms with E-state index in [0.29, 0.717) is 5.92 Å². The minimum absolute atomic E-state index is 0.105. The fraction of sp³-hybridized carbons (Fsp3) is 0.800. The van der Waals surface area contributed by atoms with Gasteiger partial charge in [-0.15, -0.1) is 0 Å². The van der Waals surface area contributed by atoms with Crippen molar-refractivity contribution in [3.63, 3.8) is 0 Å². The lowest BCUT2D eigenvalue weighted by Crippen LogP contribution is -2.46. The molecule has 0 spiro atoms. The molecule has 0 radical (unpaired) electrons. The van der Waals surface area contributed by atoms with Crippen LogP contribution >= 0.6 is 21.6 Å². The monoisotopic (exact) mass is 362 g/mol.